The fourth-order valence-electron chi connectivity index (χ4n) is 1.80. The van der Waals surface area contributed by atoms with Gasteiger partial charge in [0.2, 0.25) is 0 Å². The SMILES string of the molecule is Cc1cccc(O)c1CC1C=CC=C1. The van der Waals surface area contributed by atoms with Crippen LogP contribution in [0.5, 0.6) is 5.75 Å². The van der Waals surface area contributed by atoms with Crippen LogP contribution in [0.1, 0.15) is 11.1 Å². The molecule has 0 radical (unpaired) electrons. The topological polar surface area (TPSA) is 20.2 Å². The summed E-state index contributed by atoms with van der Waals surface area (Å²) in [5.74, 6) is 0.862. The second-order valence-electron chi connectivity index (χ2n) is 3.71. The Bertz CT molecular complexity index is 356. The number of phenolic OH excluding ortho intramolecular Hbond substituents is 1. The molecule has 1 aliphatic carbocycles. The van der Waals surface area contributed by atoms with Gasteiger partial charge in [-0.15, -0.1) is 0 Å². The van der Waals surface area contributed by atoms with Gasteiger partial charge in [-0.1, -0.05) is 36.4 Å². The van der Waals surface area contributed by atoms with Gasteiger partial charge in [0.15, 0.2) is 0 Å². The average Bonchev–Trinajstić information content (AvgIpc) is 2.64. The number of aromatic hydroxyl groups is 1. The minimum absolute atomic E-state index is 0.415. The molecule has 1 nitrogen and oxygen atoms in total. The third-order valence-electron chi connectivity index (χ3n) is 2.65. The molecule has 0 fully saturated rings. The van der Waals surface area contributed by atoms with Gasteiger partial charge in [-0.25, -0.2) is 0 Å². The lowest BCUT2D eigenvalue weighted by molar-refractivity contribution is 0.465. The molecule has 0 spiro atoms. The number of aryl methyl sites for hydroxylation is 1. The predicted octanol–water partition coefficient (Wildman–Crippen LogP) is 2.99. The molecule has 0 aromatic heterocycles. The highest BCUT2D eigenvalue weighted by Crippen LogP contribution is 2.25. The van der Waals surface area contributed by atoms with Crippen LogP contribution in [0, 0.1) is 12.8 Å². The largest absolute Gasteiger partial charge is 0.508 e. The summed E-state index contributed by atoms with van der Waals surface area (Å²) in [5.41, 5.74) is 2.23. The van der Waals surface area contributed by atoms with Crippen molar-refractivity contribution >= 4 is 0 Å². The van der Waals surface area contributed by atoms with Crippen LogP contribution in [-0.4, -0.2) is 5.11 Å². The molecule has 0 saturated heterocycles. The Morgan fingerprint density at radius 3 is 2.57 bits per heavy atom. The molecule has 0 heterocycles. The van der Waals surface area contributed by atoms with E-state index < -0.39 is 0 Å². The normalized spacial score (nSPS) is 15.2. The number of hydrogen-bond acceptors (Lipinski definition) is 1. The number of phenols is 1. The van der Waals surface area contributed by atoms with Gasteiger partial charge in [0.1, 0.15) is 5.75 Å². The monoisotopic (exact) mass is 186 g/mol. The quantitative estimate of drug-likeness (QED) is 0.752. The summed E-state index contributed by atoms with van der Waals surface area (Å²) in [6.07, 6.45) is 9.32. The van der Waals surface area contributed by atoms with Crippen molar-refractivity contribution in [1.29, 1.82) is 0 Å². The van der Waals surface area contributed by atoms with E-state index in [1.165, 1.54) is 5.56 Å². The summed E-state index contributed by atoms with van der Waals surface area (Å²) in [7, 11) is 0. The van der Waals surface area contributed by atoms with Gasteiger partial charge in [-0.3, -0.25) is 0 Å². The molecule has 0 aliphatic heterocycles. The highest BCUT2D eigenvalue weighted by Gasteiger charge is 2.10. The van der Waals surface area contributed by atoms with Gasteiger partial charge < -0.3 is 5.11 Å². The summed E-state index contributed by atoms with van der Waals surface area (Å²) in [6.45, 7) is 2.04. The number of benzene rings is 1. The maximum absolute atomic E-state index is 9.70. The van der Waals surface area contributed by atoms with Crippen molar-refractivity contribution in [2.24, 2.45) is 5.92 Å². The number of hydrogen-bond donors (Lipinski definition) is 1. The van der Waals surface area contributed by atoms with Gasteiger partial charge in [0, 0.05) is 0 Å². The summed E-state index contributed by atoms with van der Waals surface area (Å²) >= 11 is 0. The molecule has 0 atom stereocenters. The van der Waals surface area contributed by atoms with Gasteiger partial charge in [-0.2, -0.15) is 0 Å². The summed E-state index contributed by atoms with van der Waals surface area (Å²) < 4.78 is 0. The molecular weight excluding hydrogens is 172 g/mol. The summed E-state index contributed by atoms with van der Waals surface area (Å²) in [5, 5.41) is 9.70. The standard InChI is InChI=1S/C13H14O/c1-10-5-4-8-13(14)12(10)9-11-6-2-3-7-11/h2-8,11,14H,9H2,1H3. The van der Waals surface area contributed by atoms with Crippen molar-refractivity contribution < 1.29 is 5.11 Å². The molecule has 72 valence electrons. The van der Waals surface area contributed by atoms with E-state index in [-0.39, 0.29) is 0 Å². The Kier molecular flexibility index (Phi) is 2.40. The van der Waals surface area contributed by atoms with Crippen LogP contribution in [0.15, 0.2) is 42.5 Å². The van der Waals surface area contributed by atoms with Gasteiger partial charge in [0.25, 0.3) is 0 Å². The van der Waals surface area contributed by atoms with E-state index in [9.17, 15) is 5.11 Å². The van der Waals surface area contributed by atoms with Crippen molar-refractivity contribution in [2.75, 3.05) is 0 Å². The molecule has 1 heteroatoms. The van der Waals surface area contributed by atoms with Crippen molar-refractivity contribution in [3.63, 3.8) is 0 Å². The summed E-state index contributed by atoms with van der Waals surface area (Å²) in [4.78, 5) is 0. The maximum atomic E-state index is 9.70. The van der Waals surface area contributed by atoms with Crippen molar-refractivity contribution in [2.45, 2.75) is 13.3 Å². The van der Waals surface area contributed by atoms with Crippen molar-refractivity contribution in [3.8, 4) is 5.75 Å². The van der Waals surface area contributed by atoms with Crippen LogP contribution in [0.2, 0.25) is 0 Å². The van der Waals surface area contributed by atoms with Crippen molar-refractivity contribution in [1.82, 2.24) is 0 Å². The molecule has 1 aromatic carbocycles. The van der Waals surface area contributed by atoms with Gasteiger partial charge in [0.05, 0.1) is 0 Å². The molecule has 2 rings (SSSR count). The first-order valence-corrected chi connectivity index (χ1v) is 4.90. The highest BCUT2D eigenvalue weighted by molar-refractivity contribution is 5.40. The molecule has 14 heavy (non-hydrogen) atoms. The Morgan fingerprint density at radius 2 is 1.93 bits per heavy atom. The third kappa shape index (κ3) is 1.72. The fourth-order valence-corrected chi connectivity index (χ4v) is 1.80. The first-order valence-electron chi connectivity index (χ1n) is 4.90. The Balaban J connectivity index is 2.23. The first-order chi connectivity index (χ1) is 6.77. The van der Waals surface area contributed by atoms with E-state index in [1.807, 2.05) is 19.1 Å². The Hall–Kier alpha value is -1.50. The predicted molar refractivity (Wildman–Crippen MR) is 58.3 cm³/mol. The zero-order chi connectivity index (χ0) is 9.97. The molecule has 1 N–H and O–H groups in total. The number of rotatable bonds is 2. The molecule has 0 unspecified atom stereocenters. The minimum Gasteiger partial charge on any atom is -0.508 e. The lowest BCUT2D eigenvalue weighted by atomic mass is 9.96. The van der Waals surface area contributed by atoms with Crippen LogP contribution in [0.25, 0.3) is 0 Å². The van der Waals surface area contributed by atoms with E-state index in [4.69, 9.17) is 0 Å². The molecular formula is C13H14O. The Morgan fingerprint density at radius 1 is 1.21 bits per heavy atom. The minimum atomic E-state index is 0.415. The molecule has 0 saturated carbocycles. The van der Waals surface area contributed by atoms with E-state index in [1.54, 1.807) is 6.07 Å². The van der Waals surface area contributed by atoms with E-state index in [0.29, 0.717) is 11.7 Å². The van der Waals surface area contributed by atoms with E-state index in [2.05, 4.69) is 24.3 Å². The third-order valence-corrected chi connectivity index (χ3v) is 2.65. The van der Waals surface area contributed by atoms with Crippen LogP contribution < -0.4 is 0 Å². The second-order valence-corrected chi connectivity index (χ2v) is 3.71. The lowest BCUT2D eigenvalue weighted by Gasteiger charge is -2.10. The second kappa shape index (κ2) is 3.70. The van der Waals surface area contributed by atoms with E-state index >= 15 is 0 Å². The lowest BCUT2D eigenvalue weighted by Crippen LogP contribution is -1.98. The van der Waals surface area contributed by atoms with Gasteiger partial charge >= 0.3 is 0 Å². The smallest absolute Gasteiger partial charge is 0.119 e. The molecule has 0 amide bonds. The highest BCUT2D eigenvalue weighted by atomic mass is 16.3. The molecule has 1 aromatic rings. The van der Waals surface area contributed by atoms with E-state index in [0.717, 1.165) is 12.0 Å². The Labute approximate surface area is 84.4 Å². The maximum Gasteiger partial charge on any atom is 0.119 e. The number of allylic oxidation sites excluding steroid dienone is 4. The zero-order valence-corrected chi connectivity index (χ0v) is 8.27. The molecule has 0 bridgehead atoms. The van der Waals surface area contributed by atoms with Crippen LogP contribution in [-0.2, 0) is 6.42 Å². The molecule has 1 aliphatic rings. The summed E-state index contributed by atoms with van der Waals surface area (Å²) in [6, 6.07) is 5.68. The van der Waals surface area contributed by atoms with Crippen LogP contribution >= 0.6 is 0 Å². The fraction of sp³-hybridized carbons (Fsp3) is 0.231. The van der Waals surface area contributed by atoms with Crippen LogP contribution in [0.4, 0.5) is 0 Å². The first kappa shape index (κ1) is 9.07. The van der Waals surface area contributed by atoms with Gasteiger partial charge in [-0.05, 0) is 36.5 Å². The van der Waals surface area contributed by atoms with Crippen molar-refractivity contribution in [3.05, 3.63) is 53.6 Å². The van der Waals surface area contributed by atoms with Crippen LogP contribution in [0.3, 0.4) is 0 Å². The zero-order valence-electron chi connectivity index (χ0n) is 8.27. The average molecular weight is 186 g/mol.